The van der Waals surface area contributed by atoms with Gasteiger partial charge in [0.25, 0.3) is 0 Å². The molecule has 0 atom stereocenters. The monoisotopic (exact) mass is 251 g/mol. The summed E-state index contributed by atoms with van der Waals surface area (Å²) in [5.41, 5.74) is 1.82. The molecular weight excluding hydrogens is 242 g/mol. The number of nitrogens with zero attached hydrogens (tertiary/aromatic N) is 1. The molecule has 1 heterocycles. The zero-order chi connectivity index (χ0) is 11.5. The highest BCUT2D eigenvalue weighted by Crippen LogP contribution is 2.26. The van der Waals surface area contributed by atoms with Crippen molar-refractivity contribution in [3.63, 3.8) is 0 Å². The third kappa shape index (κ3) is 2.68. The van der Waals surface area contributed by atoms with Gasteiger partial charge in [0.1, 0.15) is 10.8 Å². The summed E-state index contributed by atoms with van der Waals surface area (Å²) in [5.74, 6) is 0.128. The van der Waals surface area contributed by atoms with E-state index in [1.54, 1.807) is 6.92 Å². The Kier molecular flexibility index (Phi) is 3.36. The van der Waals surface area contributed by atoms with Gasteiger partial charge < -0.3 is 0 Å². The first-order chi connectivity index (χ1) is 7.65. The molecule has 16 heavy (non-hydrogen) atoms. The second-order valence-corrected chi connectivity index (χ2v) is 4.83. The second kappa shape index (κ2) is 4.76. The van der Waals surface area contributed by atoms with Crippen LogP contribution in [0, 0.1) is 0 Å². The fourth-order valence-electron chi connectivity index (χ4n) is 1.40. The van der Waals surface area contributed by atoms with Crippen LogP contribution in [0.4, 0.5) is 0 Å². The van der Waals surface area contributed by atoms with Gasteiger partial charge in [-0.3, -0.25) is 4.79 Å². The van der Waals surface area contributed by atoms with Crippen LogP contribution in [-0.4, -0.2) is 10.8 Å². The third-order valence-corrected chi connectivity index (χ3v) is 3.23. The van der Waals surface area contributed by atoms with E-state index < -0.39 is 0 Å². The molecule has 0 unspecified atom stereocenters. The maximum Gasteiger partial charge on any atom is 0.135 e. The predicted molar refractivity (Wildman–Crippen MR) is 66.9 cm³/mol. The molecule has 0 fully saturated rings. The largest absolute Gasteiger partial charge is 0.300 e. The molecule has 2 aromatic rings. The van der Waals surface area contributed by atoms with Crippen LogP contribution in [0.25, 0.3) is 10.6 Å². The lowest BCUT2D eigenvalue weighted by molar-refractivity contribution is -0.116. The Morgan fingerprint density at radius 2 is 2.31 bits per heavy atom. The minimum Gasteiger partial charge on any atom is -0.300 e. The van der Waals surface area contributed by atoms with Gasteiger partial charge in [-0.15, -0.1) is 11.3 Å². The average Bonchev–Trinajstić information content (AvgIpc) is 2.65. The number of hydrogen-bond acceptors (Lipinski definition) is 3. The molecule has 1 aromatic carbocycles. The number of benzene rings is 1. The molecule has 0 bridgehead atoms. The lowest BCUT2D eigenvalue weighted by atomic mass is 10.2. The number of aromatic nitrogens is 1. The number of carbonyl (C=O) groups is 1. The molecule has 4 heteroatoms. The van der Waals surface area contributed by atoms with Crippen LogP contribution in [0.15, 0.2) is 29.6 Å². The van der Waals surface area contributed by atoms with Crippen molar-refractivity contribution in [2.24, 2.45) is 0 Å². The van der Waals surface area contributed by atoms with E-state index >= 15 is 0 Å². The minimum absolute atomic E-state index is 0.128. The van der Waals surface area contributed by atoms with E-state index in [1.807, 2.05) is 29.6 Å². The van der Waals surface area contributed by atoms with E-state index in [1.165, 1.54) is 11.3 Å². The van der Waals surface area contributed by atoms with Crippen LogP contribution < -0.4 is 0 Å². The number of carbonyl (C=O) groups excluding carboxylic acids is 1. The molecule has 2 rings (SSSR count). The first-order valence-electron chi connectivity index (χ1n) is 4.85. The highest BCUT2D eigenvalue weighted by Gasteiger charge is 2.06. The first kappa shape index (κ1) is 11.3. The van der Waals surface area contributed by atoms with Gasteiger partial charge in [-0.2, -0.15) is 0 Å². The Hall–Kier alpha value is -1.19. The van der Waals surface area contributed by atoms with Gasteiger partial charge >= 0.3 is 0 Å². The van der Waals surface area contributed by atoms with Crippen molar-refractivity contribution >= 4 is 28.7 Å². The molecule has 82 valence electrons. The normalized spacial score (nSPS) is 10.4. The van der Waals surface area contributed by atoms with Crippen molar-refractivity contribution < 1.29 is 4.79 Å². The van der Waals surface area contributed by atoms with Gasteiger partial charge in [0.15, 0.2) is 0 Å². The van der Waals surface area contributed by atoms with Crippen molar-refractivity contribution in [2.45, 2.75) is 13.3 Å². The molecule has 0 radical (unpaired) electrons. The molecule has 0 aliphatic rings. The Bertz CT molecular complexity index is 521. The lowest BCUT2D eigenvalue weighted by Crippen LogP contribution is -1.95. The zero-order valence-electron chi connectivity index (χ0n) is 8.74. The summed E-state index contributed by atoms with van der Waals surface area (Å²) in [6, 6.07) is 7.55. The minimum atomic E-state index is 0.128. The molecule has 0 saturated carbocycles. The molecule has 2 nitrogen and oxygen atoms in total. The van der Waals surface area contributed by atoms with Crippen LogP contribution in [0.5, 0.6) is 0 Å². The van der Waals surface area contributed by atoms with E-state index in [0.29, 0.717) is 11.4 Å². The molecule has 1 aromatic heterocycles. The van der Waals surface area contributed by atoms with Crippen molar-refractivity contribution in [3.05, 3.63) is 40.4 Å². The van der Waals surface area contributed by atoms with Crippen LogP contribution in [-0.2, 0) is 11.2 Å². The van der Waals surface area contributed by atoms with Crippen molar-refractivity contribution in [1.29, 1.82) is 0 Å². The lowest BCUT2D eigenvalue weighted by Gasteiger charge is -1.96. The molecule has 0 spiro atoms. The van der Waals surface area contributed by atoms with Gasteiger partial charge in [-0.1, -0.05) is 23.7 Å². The van der Waals surface area contributed by atoms with E-state index in [0.717, 1.165) is 16.3 Å². The second-order valence-electron chi connectivity index (χ2n) is 3.53. The molecular formula is C12H10ClNOS. The van der Waals surface area contributed by atoms with Gasteiger partial charge in [0.05, 0.1) is 5.69 Å². The summed E-state index contributed by atoms with van der Waals surface area (Å²) in [6.45, 7) is 1.57. The van der Waals surface area contributed by atoms with E-state index in [4.69, 9.17) is 11.6 Å². The number of ketones is 1. The summed E-state index contributed by atoms with van der Waals surface area (Å²) >= 11 is 7.44. The van der Waals surface area contributed by atoms with Crippen molar-refractivity contribution in [3.8, 4) is 10.6 Å². The summed E-state index contributed by atoms with van der Waals surface area (Å²) in [6.07, 6.45) is 0.400. The Labute approximate surface area is 103 Å². The van der Waals surface area contributed by atoms with E-state index in [-0.39, 0.29) is 5.78 Å². The average molecular weight is 252 g/mol. The van der Waals surface area contributed by atoms with Gasteiger partial charge in [0.2, 0.25) is 0 Å². The van der Waals surface area contributed by atoms with Crippen LogP contribution in [0.3, 0.4) is 0 Å². The summed E-state index contributed by atoms with van der Waals surface area (Å²) in [5, 5.41) is 3.51. The van der Waals surface area contributed by atoms with Crippen molar-refractivity contribution in [2.75, 3.05) is 0 Å². The number of thiazole rings is 1. The maximum absolute atomic E-state index is 11.0. The van der Waals surface area contributed by atoms with Crippen LogP contribution in [0.1, 0.15) is 12.6 Å². The summed E-state index contributed by atoms with van der Waals surface area (Å²) in [7, 11) is 0. The smallest absolute Gasteiger partial charge is 0.135 e. The topological polar surface area (TPSA) is 30.0 Å². The van der Waals surface area contributed by atoms with Crippen LogP contribution >= 0.6 is 22.9 Å². The number of rotatable bonds is 3. The van der Waals surface area contributed by atoms with Gasteiger partial charge in [-0.05, 0) is 19.1 Å². The fraction of sp³-hybridized carbons (Fsp3) is 0.167. The third-order valence-electron chi connectivity index (χ3n) is 2.05. The highest BCUT2D eigenvalue weighted by atomic mass is 35.5. The standard InChI is InChI=1S/C12H10ClNOS/c1-8(15)5-11-7-16-12(14-11)9-3-2-4-10(13)6-9/h2-4,6-7H,5H2,1H3. The summed E-state index contributed by atoms with van der Waals surface area (Å²) < 4.78 is 0. The van der Waals surface area contributed by atoms with Gasteiger partial charge in [0, 0.05) is 22.4 Å². The molecule has 0 amide bonds. The van der Waals surface area contributed by atoms with Crippen molar-refractivity contribution in [1.82, 2.24) is 4.98 Å². The molecule has 0 N–H and O–H groups in total. The Morgan fingerprint density at radius 3 is 3.00 bits per heavy atom. The van der Waals surface area contributed by atoms with E-state index in [9.17, 15) is 4.79 Å². The maximum atomic E-state index is 11.0. The predicted octanol–water partition coefficient (Wildman–Crippen LogP) is 3.60. The first-order valence-corrected chi connectivity index (χ1v) is 6.10. The zero-order valence-corrected chi connectivity index (χ0v) is 10.3. The molecule has 0 saturated heterocycles. The molecule has 0 aliphatic carbocycles. The number of halogens is 1. The number of Topliss-reactive ketones (excluding diaryl/α,β-unsaturated/α-hetero) is 1. The van der Waals surface area contributed by atoms with Gasteiger partial charge in [-0.25, -0.2) is 4.98 Å². The number of hydrogen-bond donors (Lipinski definition) is 0. The van der Waals surface area contributed by atoms with Crippen LogP contribution in [0.2, 0.25) is 5.02 Å². The Balaban J connectivity index is 2.28. The summed E-state index contributed by atoms with van der Waals surface area (Å²) in [4.78, 5) is 15.4. The Morgan fingerprint density at radius 1 is 1.50 bits per heavy atom. The SMILES string of the molecule is CC(=O)Cc1csc(-c2cccc(Cl)c2)n1. The van der Waals surface area contributed by atoms with E-state index in [2.05, 4.69) is 4.98 Å². The molecule has 0 aliphatic heterocycles. The fourth-order valence-corrected chi connectivity index (χ4v) is 2.40. The highest BCUT2D eigenvalue weighted by molar-refractivity contribution is 7.13. The quantitative estimate of drug-likeness (QED) is 0.834.